The SMILES string of the molecule is Cc1ccc(-c2nn(-c3ccccc3)cc2/C=C/C(=O)NCCN2C(=O)CNC2=O)cc1. The van der Waals surface area contributed by atoms with Crippen molar-refractivity contribution in [1.82, 2.24) is 25.3 Å². The molecule has 0 aliphatic carbocycles. The molecule has 1 saturated heterocycles. The topological polar surface area (TPSA) is 96.3 Å². The molecule has 0 radical (unpaired) electrons. The number of carbonyl (C=O) groups excluding carboxylic acids is 3. The van der Waals surface area contributed by atoms with Gasteiger partial charge in [-0.05, 0) is 25.1 Å². The highest BCUT2D eigenvalue weighted by molar-refractivity contribution is 6.02. The van der Waals surface area contributed by atoms with E-state index in [4.69, 9.17) is 5.10 Å². The molecule has 162 valence electrons. The maximum Gasteiger partial charge on any atom is 0.324 e. The third kappa shape index (κ3) is 4.75. The van der Waals surface area contributed by atoms with Gasteiger partial charge in [0.05, 0.1) is 17.9 Å². The molecular formula is C24H23N5O3. The van der Waals surface area contributed by atoms with E-state index in [1.165, 1.54) is 6.08 Å². The third-order valence-electron chi connectivity index (χ3n) is 5.07. The first kappa shape index (κ1) is 21.0. The smallest absolute Gasteiger partial charge is 0.324 e. The minimum Gasteiger partial charge on any atom is -0.351 e. The molecule has 0 unspecified atom stereocenters. The van der Waals surface area contributed by atoms with Crippen molar-refractivity contribution in [3.05, 3.63) is 78.0 Å². The fourth-order valence-corrected chi connectivity index (χ4v) is 3.35. The van der Waals surface area contributed by atoms with Crippen molar-refractivity contribution in [2.75, 3.05) is 19.6 Å². The predicted molar refractivity (Wildman–Crippen MR) is 121 cm³/mol. The highest BCUT2D eigenvalue weighted by Crippen LogP contribution is 2.25. The second kappa shape index (κ2) is 9.30. The summed E-state index contributed by atoms with van der Waals surface area (Å²) >= 11 is 0. The molecule has 3 aromatic rings. The summed E-state index contributed by atoms with van der Waals surface area (Å²) in [4.78, 5) is 36.5. The standard InChI is InChI=1S/C24H23N5O3/c1-17-7-9-18(10-8-17)23-19(16-29(27-23)20-5-3-2-4-6-20)11-12-21(30)25-13-14-28-22(31)15-26-24(28)32/h2-12,16H,13-15H2,1H3,(H,25,30)(H,26,32)/b12-11+. The Bertz CT molecular complexity index is 1150. The van der Waals surface area contributed by atoms with Crippen molar-refractivity contribution < 1.29 is 14.4 Å². The second-order valence-electron chi connectivity index (χ2n) is 7.41. The molecule has 2 aromatic carbocycles. The number of imide groups is 1. The van der Waals surface area contributed by atoms with Gasteiger partial charge in [-0.15, -0.1) is 0 Å². The molecule has 0 atom stereocenters. The first-order valence-electron chi connectivity index (χ1n) is 10.3. The molecule has 1 aliphatic heterocycles. The molecule has 8 heteroatoms. The fourth-order valence-electron chi connectivity index (χ4n) is 3.35. The molecule has 1 aromatic heterocycles. The third-order valence-corrected chi connectivity index (χ3v) is 5.07. The van der Waals surface area contributed by atoms with Crippen LogP contribution in [-0.4, -0.2) is 52.2 Å². The number of amides is 4. The summed E-state index contributed by atoms with van der Waals surface area (Å²) in [5.41, 5.74) is 4.57. The van der Waals surface area contributed by atoms with Gasteiger partial charge in [0.1, 0.15) is 0 Å². The lowest BCUT2D eigenvalue weighted by molar-refractivity contribution is -0.125. The van der Waals surface area contributed by atoms with Gasteiger partial charge in [-0.1, -0.05) is 48.0 Å². The number of hydrogen-bond acceptors (Lipinski definition) is 4. The van der Waals surface area contributed by atoms with Gasteiger partial charge in [-0.25, -0.2) is 9.48 Å². The molecule has 4 amide bonds. The van der Waals surface area contributed by atoms with Gasteiger partial charge < -0.3 is 10.6 Å². The highest BCUT2D eigenvalue weighted by Gasteiger charge is 2.27. The molecule has 0 spiro atoms. The van der Waals surface area contributed by atoms with Gasteiger partial charge in [0.2, 0.25) is 11.8 Å². The van der Waals surface area contributed by atoms with E-state index in [1.807, 2.05) is 67.7 Å². The van der Waals surface area contributed by atoms with E-state index in [1.54, 1.807) is 10.8 Å². The summed E-state index contributed by atoms with van der Waals surface area (Å²) < 4.78 is 1.78. The van der Waals surface area contributed by atoms with Gasteiger partial charge >= 0.3 is 6.03 Å². The zero-order valence-electron chi connectivity index (χ0n) is 17.6. The quantitative estimate of drug-likeness (QED) is 0.446. The zero-order valence-corrected chi connectivity index (χ0v) is 17.6. The van der Waals surface area contributed by atoms with E-state index in [9.17, 15) is 14.4 Å². The number of benzene rings is 2. The van der Waals surface area contributed by atoms with Crippen LogP contribution in [0.2, 0.25) is 0 Å². The summed E-state index contributed by atoms with van der Waals surface area (Å²) in [5, 5.41) is 9.88. The van der Waals surface area contributed by atoms with Crippen LogP contribution in [0.25, 0.3) is 23.0 Å². The van der Waals surface area contributed by atoms with Crippen molar-refractivity contribution in [1.29, 1.82) is 0 Å². The molecule has 2 N–H and O–H groups in total. The molecule has 4 rings (SSSR count). The van der Waals surface area contributed by atoms with E-state index in [-0.39, 0.29) is 31.4 Å². The molecule has 0 bridgehead atoms. The van der Waals surface area contributed by atoms with Crippen molar-refractivity contribution in [2.24, 2.45) is 0 Å². The Kier molecular flexibility index (Phi) is 6.12. The van der Waals surface area contributed by atoms with Gasteiger partial charge in [0.25, 0.3) is 0 Å². The van der Waals surface area contributed by atoms with Gasteiger partial charge in [0.15, 0.2) is 0 Å². The minimum atomic E-state index is -0.434. The Morgan fingerprint density at radius 1 is 1.12 bits per heavy atom. The molecule has 2 heterocycles. The van der Waals surface area contributed by atoms with Crippen LogP contribution >= 0.6 is 0 Å². The van der Waals surface area contributed by atoms with Gasteiger partial charge in [0, 0.05) is 36.5 Å². The fraction of sp³-hybridized carbons (Fsp3) is 0.167. The molecule has 1 fully saturated rings. The van der Waals surface area contributed by atoms with Crippen molar-refractivity contribution in [2.45, 2.75) is 6.92 Å². The Labute approximate surface area is 185 Å². The largest absolute Gasteiger partial charge is 0.351 e. The second-order valence-corrected chi connectivity index (χ2v) is 7.41. The lowest BCUT2D eigenvalue weighted by atomic mass is 10.1. The van der Waals surface area contributed by atoms with Crippen LogP contribution in [0.5, 0.6) is 0 Å². The van der Waals surface area contributed by atoms with Crippen molar-refractivity contribution >= 4 is 23.9 Å². The number of carbonyl (C=O) groups is 3. The van der Waals surface area contributed by atoms with E-state index in [2.05, 4.69) is 10.6 Å². The highest BCUT2D eigenvalue weighted by atomic mass is 16.2. The Hall–Kier alpha value is -4.20. The average molecular weight is 429 g/mol. The molecular weight excluding hydrogens is 406 g/mol. The zero-order chi connectivity index (χ0) is 22.5. The van der Waals surface area contributed by atoms with Gasteiger partial charge in [-0.3, -0.25) is 14.5 Å². The average Bonchev–Trinajstić information content (AvgIpc) is 3.37. The lowest BCUT2D eigenvalue weighted by Gasteiger charge is -2.11. The van der Waals surface area contributed by atoms with E-state index in [0.717, 1.165) is 33.0 Å². The van der Waals surface area contributed by atoms with E-state index < -0.39 is 6.03 Å². The van der Waals surface area contributed by atoms with Crippen LogP contribution in [-0.2, 0) is 9.59 Å². The normalized spacial score (nSPS) is 13.6. The summed E-state index contributed by atoms with van der Waals surface area (Å²) in [6, 6.07) is 17.4. The number of aryl methyl sites for hydroxylation is 1. The number of nitrogens with one attached hydrogen (secondary N) is 2. The van der Waals surface area contributed by atoms with E-state index in [0.29, 0.717) is 0 Å². The van der Waals surface area contributed by atoms with Crippen LogP contribution < -0.4 is 10.6 Å². The first-order valence-corrected chi connectivity index (χ1v) is 10.3. The number of rotatable bonds is 7. The number of hydrogen-bond donors (Lipinski definition) is 2. The lowest BCUT2D eigenvalue weighted by Crippen LogP contribution is -2.38. The Morgan fingerprint density at radius 2 is 1.88 bits per heavy atom. The first-order chi connectivity index (χ1) is 15.5. The van der Waals surface area contributed by atoms with E-state index >= 15 is 0 Å². The van der Waals surface area contributed by atoms with Crippen molar-refractivity contribution in [3.8, 4) is 16.9 Å². The summed E-state index contributed by atoms with van der Waals surface area (Å²) in [5.74, 6) is -0.616. The molecule has 8 nitrogen and oxygen atoms in total. The number of nitrogens with zero attached hydrogens (tertiary/aromatic N) is 3. The van der Waals surface area contributed by atoms with Crippen LogP contribution in [0.15, 0.2) is 66.9 Å². The molecule has 32 heavy (non-hydrogen) atoms. The number of aromatic nitrogens is 2. The monoisotopic (exact) mass is 429 g/mol. The van der Waals surface area contributed by atoms with Crippen LogP contribution in [0.1, 0.15) is 11.1 Å². The maximum absolute atomic E-state index is 12.3. The Morgan fingerprint density at radius 3 is 2.56 bits per heavy atom. The molecule has 1 aliphatic rings. The number of urea groups is 1. The maximum atomic E-state index is 12.3. The summed E-state index contributed by atoms with van der Waals surface area (Å²) in [7, 11) is 0. The predicted octanol–water partition coefficient (Wildman–Crippen LogP) is 2.53. The summed E-state index contributed by atoms with van der Waals surface area (Å²) in [6.07, 6.45) is 5.02. The van der Waals surface area contributed by atoms with Crippen molar-refractivity contribution in [3.63, 3.8) is 0 Å². The van der Waals surface area contributed by atoms with Gasteiger partial charge in [-0.2, -0.15) is 5.10 Å². The van der Waals surface area contributed by atoms with Crippen LogP contribution in [0, 0.1) is 6.92 Å². The van der Waals surface area contributed by atoms with Crippen LogP contribution in [0.4, 0.5) is 4.79 Å². The minimum absolute atomic E-state index is 0.000125. The van der Waals surface area contributed by atoms with Crippen LogP contribution in [0.3, 0.4) is 0 Å². The Balaban J connectivity index is 1.50. The summed E-state index contributed by atoms with van der Waals surface area (Å²) in [6.45, 7) is 2.33. The number of para-hydroxylation sites is 1. The molecule has 0 saturated carbocycles.